The topological polar surface area (TPSA) is 24.9 Å². The summed E-state index contributed by atoms with van der Waals surface area (Å²) in [5.74, 6) is -1.23. The van der Waals surface area contributed by atoms with Crippen LogP contribution in [0.3, 0.4) is 0 Å². The van der Waals surface area contributed by atoms with E-state index in [1.165, 1.54) is 12.1 Å². The van der Waals surface area contributed by atoms with E-state index < -0.39 is 11.6 Å². The van der Waals surface area contributed by atoms with Crippen molar-refractivity contribution in [3.63, 3.8) is 0 Å². The molecule has 0 aliphatic heterocycles. The molecule has 0 saturated carbocycles. The van der Waals surface area contributed by atoms with Crippen molar-refractivity contribution in [2.24, 2.45) is 0 Å². The first kappa shape index (κ1) is 14.2. The van der Waals surface area contributed by atoms with Crippen molar-refractivity contribution in [3.05, 3.63) is 95.8 Å². The first-order chi connectivity index (χ1) is 10.7. The number of pyridine rings is 1. The average Bonchev–Trinajstić information content (AvgIpc) is 2.53. The van der Waals surface area contributed by atoms with E-state index in [0.717, 1.165) is 17.3 Å². The van der Waals surface area contributed by atoms with Gasteiger partial charge in [0, 0.05) is 18.0 Å². The van der Waals surface area contributed by atoms with E-state index >= 15 is 0 Å². The molecule has 3 rings (SSSR count). The molecular weight excluding hydrogens is 282 g/mol. The highest BCUT2D eigenvalue weighted by Crippen LogP contribution is 2.26. The summed E-state index contributed by atoms with van der Waals surface area (Å²) in [5, 5.41) is 3.15. The minimum atomic E-state index is -0.615. The molecule has 0 aliphatic carbocycles. The Labute approximate surface area is 127 Å². The first-order valence-corrected chi connectivity index (χ1v) is 6.91. The minimum absolute atomic E-state index is 0.288. The third-order valence-electron chi connectivity index (χ3n) is 3.29. The molecule has 2 aromatic carbocycles. The van der Waals surface area contributed by atoms with Crippen LogP contribution in [-0.2, 0) is 0 Å². The van der Waals surface area contributed by atoms with Gasteiger partial charge in [0.2, 0.25) is 0 Å². The Morgan fingerprint density at radius 1 is 0.818 bits per heavy atom. The summed E-state index contributed by atoms with van der Waals surface area (Å²) in [6.07, 6.45) is 1.69. The lowest BCUT2D eigenvalue weighted by Crippen LogP contribution is -2.14. The van der Waals surface area contributed by atoms with E-state index in [2.05, 4.69) is 10.3 Å². The number of benzene rings is 2. The molecule has 22 heavy (non-hydrogen) atoms. The van der Waals surface area contributed by atoms with Crippen LogP contribution in [-0.4, -0.2) is 4.98 Å². The average molecular weight is 296 g/mol. The van der Waals surface area contributed by atoms with Gasteiger partial charge in [-0.1, -0.05) is 36.4 Å². The molecule has 1 atom stereocenters. The third-order valence-corrected chi connectivity index (χ3v) is 3.29. The van der Waals surface area contributed by atoms with Crippen LogP contribution in [0.2, 0.25) is 0 Å². The van der Waals surface area contributed by atoms with Crippen LogP contribution < -0.4 is 5.32 Å². The second-order valence-electron chi connectivity index (χ2n) is 4.90. The number of rotatable bonds is 4. The lowest BCUT2D eigenvalue weighted by molar-refractivity contribution is 0.583. The molecule has 4 heteroatoms. The highest BCUT2D eigenvalue weighted by molar-refractivity contribution is 5.48. The predicted molar refractivity (Wildman–Crippen MR) is 82.5 cm³/mol. The fourth-order valence-electron chi connectivity index (χ4n) is 2.32. The van der Waals surface area contributed by atoms with Crippen LogP contribution in [0.5, 0.6) is 0 Å². The summed E-state index contributed by atoms with van der Waals surface area (Å²) in [5.41, 5.74) is 2.11. The normalized spacial score (nSPS) is 11.9. The molecule has 3 aromatic rings. The van der Waals surface area contributed by atoms with Crippen LogP contribution in [0.1, 0.15) is 17.3 Å². The second kappa shape index (κ2) is 6.35. The van der Waals surface area contributed by atoms with Crippen LogP contribution in [0.25, 0.3) is 0 Å². The SMILES string of the molecule is Fc1cc(F)cc(NC(c2ccccc2)c2ccccn2)c1. The maximum absolute atomic E-state index is 13.4. The van der Waals surface area contributed by atoms with Gasteiger partial charge in [0.05, 0.1) is 11.7 Å². The Bertz CT molecular complexity index is 686. The molecule has 0 bridgehead atoms. The van der Waals surface area contributed by atoms with E-state index in [1.807, 2.05) is 48.5 Å². The van der Waals surface area contributed by atoms with Crippen LogP contribution >= 0.6 is 0 Å². The van der Waals surface area contributed by atoms with E-state index in [4.69, 9.17) is 0 Å². The monoisotopic (exact) mass is 296 g/mol. The van der Waals surface area contributed by atoms with Crippen molar-refractivity contribution < 1.29 is 8.78 Å². The van der Waals surface area contributed by atoms with Crippen molar-refractivity contribution in [3.8, 4) is 0 Å². The van der Waals surface area contributed by atoms with Gasteiger partial charge in [0.1, 0.15) is 11.6 Å². The number of nitrogens with zero attached hydrogens (tertiary/aromatic N) is 1. The number of nitrogens with one attached hydrogen (secondary N) is 1. The molecule has 0 saturated heterocycles. The van der Waals surface area contributed by atoms with Crippen LogP contribution in [0.4, 0.5) is 14.5 Å². The molecule has 0 spiro atoms. The van der Waals surface area contributed by atoms with E-state index in [-0.39, 0.29) is 6.04 Å². The van der Waals surface area contributed by atoms with Gasteiger partial charge in [-0.15, -0.1) is 0 Å². The predicted octanol–water partition coefficient (Wildman–Crippen LogP) is 4.56. The zero-order valence-corrected chi connectivity index (χ0v) is 11.7. The largest absolute Gasteiger partial charge is 0.373 e. The number of aromatic nitrogens is 1. The molecule has 0 aliphatic rings. The van der Waals surface area contributed by atoms with Gasteiger partial charge >= 0.3 is 0 Å². The number of hydrogen-bond acceptors (Lipinski definition) is 2. The molecule has 1 N–H and O–H groups in total. The Morgan fingerprint density at radius 2 is 1.50 bits per heavy atom. The van der Waals surface area contributed by atoms with Gasteiger partial charge in [-0.25, -0.2) is 8.78 Å². The third kappa shape index (κ3) is 3.28. The summed E-state index contributed by atoms with van der Waals surface area (Å²) in [4.78, 5) is 4.35. The van der Waals surface area contributed by atoms with Gasteiger partial charge in [-0.2, -0.15) is 0 Å². The summed E-state index contributed by atoms with van der Waals surface area (Å²) in [7, 11) is 0. The second-order valence-corrected chi connectivity index (χ2v) is 4.90. The smallest absolute Gasteiger partial charge is 0.128 e. The fourth-order valence-corrected chi connectivity index (χ4v) is 2.32. The number of hydrogen-bond donors (Lipinski definition) is 1. The summed E-state index contributed by atoms with van der Waals surface area (Å²) in [6, 6.07) is 18.3. The quantitative estimate of drug-likeness (QED) is 0.763. The molecule has 110 valence electrons. The van der Waals surface area contributed by atoms with Gasteiger partial charge in [0.25, 0.3) is 0 Å². The minimum Gasteiger partial charge on any atom is -0.373 e. The van der Waals surface area contributed by atoms with Crippen molar-refractivity contribution in [2.45, 2.75) is 6.04 Å². The number of anilines is 1. The highest BCUT2D eigenvalue weighted by atomic mass is 19.1. The molecule has 0 fully saturated rings. The maximum Gasteiger partial charge on any atom is 0.128 e. The fraction of sp³-hybridized carbons (Fsp3) is 0.0556. The summed E-state index contributed by atoms with van der Waals surface area (Å²) < 4.78 is 26.8. The van der Waals surface area contributed by atoms with Gasteiger partial charge < -0.3 is 5.32 Å². The van der Waals surface area contributed by atoms with Crippen molar-refractivity contribution in [1.29, 1.82) is 0 Å². The van der Waals surface area contributed by atoms with E-state index in [1.54, 1.807) is 6.20 Å². The van der Waals surface area contributed by atoms with E-state index in [0.29, 0.717) is 5.69 Å². The van der Waals surface area contributed by atoms with Gasteiger partial charge in [0.15, 0.2) is 0 Å². The Hall–Kier alpha value is -2.75. The van der Waals surface area contributed by atoms with Gasteiger partial charge in [-0.3, -0.25) is 4.98 Å². The zero-order chi connectivity index (χ0) is 15.4. The molecule has 1 unspecified atom stereocenters. The van der Waals surface area contributed by atoms with Crippen LogP contribution in [0.15, 0.2) is 72.9 Å². The van der Waals surface area contributed by atoms with Crippen molar-refractivity contribution in [1.82, 2.24) is 4.98 Å². The lowest BCUT2D eigenvalue weighted by atomic mass is 10.0. The zero-order valence-electron chi connectivity index (χ0n) is 11.7. The van der Waals surface area contributed by atoms with Crippen molar-refractivity contribution in [2.75, 3.05) is 5.32 Å². The first-order valence-electron chi connectivity index (χ1n) is 6.91. The molecule has 1 aromatic heterocycles. The highest BCUT2D eigenvalue weighted by Gasteiger charge is 2.15. The Balaban J connectivity index is 1.99. The Morgan fingerprint density at radius 3 is 2.14 bits per heavy atom. The van der Waals surface area contributed by atoms with E-state index in [9.17, 15) is 8.78 Å². The number of halogens is 2. The molecular formula is C18H14F2N2. The molecule has 1 heterocycles. The summed E-state index contributed by atoms with van der Waals surface area (Å²) >= 11 is 0. The standard InChI is InChI=1S/C18H14F2N2/c19-14-10-15(20)12-16(11-14)22-18(13-6-2-1-3-7-13)17-8-4-5-9-21-17/h1-12,18,22H. The Kier molecular flexibility index (Phi) is 4.10. The maximum atomic E-state index is 13.4. The van der Waals surface area contributed by atoms with Gasteiger partial charge in [-0.05, 0) is 29.8 Å². The van der Waals surface area contributed by atoms with Crippen LogP contribution in [0, 0.1) is 11.6 Å². The molecule has 0 radical (unpaired) electrons. The molecule has 0 amide bonds. The summed E-state index contributed by atoms with van der Waals surface area (Å²) in [6.45, 7) is 0. The molecule has 2 nitrogen and oxygen atoms in total. The lowest BCUT2D eigenvalue weighted by Gasteiger charge is -2.20. The van der Waals surface area contributed by atoms with Crippen molar-refractivity contribution >= 4 is 5.69 Å².